The van der Waals surface area contributed by atoms with Gasteiger partial charge in [0.1, 0.15) is 0 Å². The molecule has 0 aromatic carbocycles. The Labute approximate surface area is 85.6 Å². The minimum absolute atomic E-state index is 0.102. The second-order valence-electron chi connectivity index (χ2n) is 5.92. The van der Waals surface area contributed by atoms with Crippen LogP contribution in [0.1, 0.15) is 32.1 Å². The molecule has 0 heterocycles. The molecule has 0 aliphatic heterocycles. The molecule has 4 N–H and O–H groups in total. The van der Waals surface area contributed by atoms with Crippen LogP contribution in [0.2, 0.25) is 6.82 Å². The van der Waals surface area contributed by atoms with Crippen molar-refractivity contribution in [2.24, 2.45) is 17.6 Å². The lowest BCUT2D eigenvalue weighted by molar-refractivity contribution is 0.200. The maximum atomic E-state index is 9.45. The zero-order chi connectivity index (χ0) is 9.97. The van der Waals surface area contributed by atoms with Gasteiger partial charge in [0.2, 0.25) is 0 Å². The van der Waals surface area contributed by atoms with E-state index in [-0.39, 0.29) is 11.1 Å². The minimum Gasteiger partial charge on any atom is -0.437 e. The Morgan fingerprint density at radius 2 is 2.21 bits per heavy atom. The van der Waals surface area contributed by atoms with Gasteiger partial charge in [-0.2, -0.15) is 0 Å². The summed E-state index contributed by atoms with van der Waals surface area (Å²) in [5.74, 6) is 1.53. The van der Waals surface area contributed by atoms with Crippen LogP contribution < -0.4 is 11.0 Å². The van der Waals surface area contributed by atoms with Crippen LogP contribution in [0, 0.1) is 11.8 Å². The molecule has 4 atom stereocenters. The lowest BCUT2D eigenvalue weighted by Gasteiger charge is -2.41. The Bertz CT molecular complexity index is 269. The van der Waals surface area contributed by atoms with Crippen LogP contribution in [0.4, 0.5) is 0 Å². The summed E-state index contributed by atoms with van der Waals surface area (Å²) >= 11 is 0. The molecule has 4 saturated carbocycles. The first-order chi connectivity index (χ1) is 6.51. The molecule has 0 saturated heterocycles. The molecule has 4 fully saturated rings. The summed E-state index contributed by atoms with van der Waals surface area (Å²) in [4.78, 5) is 0. The summed E-state index contributed by atoms with van der Waals surface area (Å²) in [5.41, 5.74) is 6.70. The quantitative estimate of drug-likeness (QED) is 0.556. The average Bonchev–Trinajstić information content (AvgIpc) is 2.28. The van der Waals surface area contributed by atoms with Crippen molar-refractivity contribution in [3.05, 3.63) is 0 Å². The first-order valence-corrected chi connectivity index (χ1v) is 5.76. The Hall–Kier alpha value is -0.0551. The maximum Gasteiger partial charge on any atom is 0.374 e. The third-order valence-corrected chi connectivity index (χ3v) is 4.60. The van der Waals surface area contributed by atoms with Crippen LogP contribution >= 0.6 is 0 Å². The highest BCUT2D eigenvalue weighted by Gasteiger charge is 2.62. The predicted octanol–water partition coefficient (Wildman–Crippen LogP) is 0.346. The third kappa shape index (κ3) is 1.11. The van der Waals surface area contributed by atoms with Gasteiger partial charge >= 0.3 is 7.05 Å². The fraction of sp³-hybridized carbons (Fsp3) is 1.00. The third-order valence-electron chi connectivity index (χ3n) is 4.60. The summed E-state index contributed by atoms with van der Waals surface area (Å²) in [6, 6.07) is 0. The highest BCUT2D eigenvalue weighted by Crippen LogP contribution is 2.60. The van der Waals surface area contributed by atoms with Gasteiger partial charge in [-0.15, -0.1) is 0 Å². The lowest BCUT2D eigenvalue weighted by Crippen LogP contribution is -2.55. The topological polar surface area (TPSA) is 58.3 Å². The van der Waals surface area contributed by atoms with Gasteiger partial charge in [-0.1, -0.05) is 0 Å². The van der Waals surface area contributed by atoms with E-state index in [2.05, 4.69) is 5.23 Å². The second-order valence-corrected chi connectivity index (χ2v) is 5.92. The molecule has 4 aliphatic rings. The summed E-state index contributed by atoms with van der Waals surface area (Å²) in [7, 11) is -0.394. The molecule has 14 heavy (non-hydrogen) atoms. The van der Waals surface area contributed by atoms with Gasteiger partial charge in [-0.05, 0) is 50.8 Å². The van der Waals surface area contributed by atoms with E-state index in [1.54, 1.807) is 0 Å². The normalized spacial score (nSPS) is 54.2. The van der Waals surface area contributed by atoms with Gasteiger partial charge in [0, 0.05) is 11.1 Å². The molecule has 4 unspecified atom stereocenters. The Kier molecular flexibility index (Phi) is 1.67. The smallest absolute Gasteiger partial charge is 0.374 e. The van der Waals surface area contributed by atoms with E-state index < -0.39 is 7.05 Å². The van der Waals surface area contributed by atoms with Crippen molar-refractivity contribution in [2.75, 3.05) is 0 Å². The monoisotopic (exact) mass is 194 g/mol. The molecule has 4 bridgehead atoms. The van der Waals surface area contributed by atoms with Gasteiger partial charge < -0.3 is 16.0 Å². The van der Waals surface area contributed by atoms with E-state index in [1.807, 2.05) is 6.82 Å². The highest BCUT2D eigenvalue weighted by molar-refractivity contribution is 6.45. The van der Waals surface area contributed by atoms with Crippen LogP contribution in [-0.2, 0) is 0 Å². The molecule has 4 heteroatoms. The molecule has 0 aromatic heterocycles. The van der Waals surface area contributed by atoms with E-state index >= 15 is 0 Å². The molecule has 0 spiro atoms. The molecule has 0 aromatic rings. The maximum absolute atomic E-state index is 9.45. The van der Waals surface area contributed by atoms with E-state index in [0.717, 1.165) is 12.3 Å². The van der Waals surface area contributed by atoms with Crippen LogP contribution in [0.5, 0.6) is 0 Å². The van der Waals surface area contributed by atoms with Gasteiger partial charge in [-0.3, -0.25) is 0 Å². The number of nitrogens with two attached hydrogens (primary N) is 1. The fourth-order valence-electron chi connectivity index (χ4n) is 4.58. The number of hydrogen-bond donors (Lipinski definition) is 3. The molecule has 4 aliphatic carbocycles. The van der Waals surface area contributed by atoms with Crippen LogP contribution in [0.15, 0.2) is 0 Å². The Balaban J connectivity index is 1.86. The highest BCUT2D eigenvalue weighted by atomic mass is 16.2. The van der Waals surface area contributed by atoms with E-state index in [1.165, 1.54) is 25.7 Å². The van der Waals surface area contributed by atoms with Crippen molar-refractivity contribution in [3.63, 3.8) is 0 Å². The SMILES string of the molecule is CB(O)NC12CC3CC(C1)C(N)(C3)C2. The van der Waals surface area contributed by atoms with E-state index in [0.29, 0.717) is 5.92 Å². The van der Waals surface area contributed by atoms with Crippen molar-refractivity contribution in [2.45, 2.75) is 50.0 Å². The van der Waals surface area contributed by atoms with Crippen molar-refractivity contribution >= 4 is 7.05 Å². The molecule has 0 radical (unpaired) electrons. The standard InChI is InChI=1S/C10H19BN2O/c1-11(14)13-9-3-7-2-8(5-9)10(12,4-7)6-9/h7-8,13-14H,2-6,12H2,1H3. The summed E-state index contributed by atoms with van der Waals surface area (Å²) in [5, 5.41) is 12.8. The molecule has 78 valence electrons. The van der Waals surface area contributed by atoms with Gasteiger partial charge in [0.15, 0.2) is 0 Å². The van der Waals surface area contributed by atoms with E-state index in [9.17, 15) is 5.02 Å². The van der Waals surface area contributed by atoms with Crippen molar-refractivity contribution < 1.29 is 5.02 Å². The van der Waals surface area contributed by atoms with Crippen LogP contribution in [-0.4, -0.2) is 23.2 Å². The number of rotatable bonds is 2. The van der Waals surface area contributed by atoms with Crippen LogP contribution in [0.25, 0.3) is 0 Å². The summed E-state index contributed by atoms with van der Waals surface area (Å²) in [6.45, 7) is 1.81. The second kappa shape index (κ2) is 2.54. The lowest BCUT2D eigenvalue weighted by atomic mass is 9.70. The summed E-state index contributed by atoms with van der Waals surface area (Å²) < 4.78 is 0. The fourth-order valence-corrected chi connectivity index (χ4v) is 4.58. The average molecular weight is 194 g/mol. The van der Waals surface area contributed by atoms with Gasteiger partial charge in [0.25, 0.3) is 0 Å². The van der Waals surface area contributed by atoms with Gasteiger partial charge in [0.05, 0.1) is 0 Å². The first kappa shape index (κ1) is 9.19. The molecular formula is C10H19BN2O. The van der Waals surface area contributed by atoms with Crippen molar-refractivity contribution in [3.8, 4) is 0 Å². The molecule has 3 nitrogen and oxygen atoms in total. The van der Waals surface area contributed by atoms with Crippen LogP contribution in [0.3, 0.4) is 0 Å². The minimum atomic E-state index is -0.394. The number of hydrogen-bond acceptors (Lipinski definition) is 3. The molecule has 4 rings (SSSR count). The first-order valence-electron chi connectivity index (χ1n) is 5.76. The zero-order valence-electron chi connectivity index (χ0n) is 8.79. The Morgan fingerprint density at radius 1 is 1.43 bits per heavy atom. The van der Waals surface area contributed by atoms with Crippen molar-refractivity contribution in [1.29, 1.82) is 0 Å². The zero-order valence-corrected chi connectivity index (χ0v) is 8.79. The van der Waals surface area contributed by atoms with Crippen molar-refractivity contribution in [1.82, 2.24) is 5.23 Å². The van der Waals surface area contributed by atoms with Gasteiger partial charge in [-0.25, -0.2) is 0 Å². The molecular weight excluding hydrogens is 175 g/mol. The largest absolute Gasteiger partial charge is 0.437 e. The summed E-state index contributed by atoms with van der Waals surface area (Å²) in [6.07, 6.45) is 6.05. The predicted molar refractivity (Wildman–Crippen MR) is 56.7 cm³/mol. The number of nitrogens with one attached hydrogen (secondary N) is 1. The Morgan fingerprint density at radius 3 is 2.79 bits per heavy atom. The van der Waals surface area contributed by atoms with E-state index in [4.69, 9.17) is 5.73 Å². The molecule has 0 amide bonds.